The third-order valence-corrected chi connectivity index (χ3v) is 2.16. The van der Waals surface area contributed by atoms with E-state index in [9.17, 15) is 4.79 Å². The van der Waals surface area contributed by atoms with Crippen molar-refractivity contribution in [2.75, 3.05) is 7.11 Å². The van der Waals surface area contributed by atoms with Crippen LogP contribution in [0.15, 0.2) is 0 Å². The Morgan fingerprint density at radius 3 is 2.69 bits per heavy atom. The Balaban J connectivity index is 2.20. The van der Waals surface area contributed by atoms with E-state index in [0.717, 1.165) is 12.8 Å². The maximum Gasteiger partial charge on any atom is 0.305 e. The smallest absolute Gasteiger partial charge is 0.305 e. The number of ether oxygens (including phenoxy) is 1. The number of esters is 1. The van der Waals surface area contributed by atoms with Crippen molar-refractivity contribution < 1.29 is 9.53 Å². The number of nitrogens with one attached hydrogen (secondary N) is 2. The molecule has 0 saturated carbocycles. The van der Waals surface area contributed by atoms with Crippen molar-refractivity contribution in [3.05, 3.63) is 0 Å². The lowest BCUT2D eigenvalue weighted by Crippen LogP contribution is -2.19. The van der Waals surface area contributed by atoms with Gasteiger partial charge >= 0.3 is 5.97 Å². The van der Waals surface area contributed by atoms with E-state index >= 15 is 0 Å². The fourth-order valence-electron chi connectivity index (χ4n) is 1.17. The molecule has 0 aromatic carbocycles. The zero-order chi connectivity index (χ0) is 9.73. The van der Waals surface area contributed by atoms with Crippen LogP contribution in [0.1, 0.15) is 25.7 Å². The summed E-state index contributed by atoms with van der Waals surface area (Å²) >= 11 is 0. The van der Waals surface area contributed by atoms with Crippen molar-refractivity contribution in [1.82, 2.24) is 10.9 Å². The molecule has 13 heavy (non-hydrogen) atoms. The molecule has 72 valence electrons. The lowest BCUT2D eigenvalue weighted by molar-refractivity contribution is -0.140. The molecule has 0 unspecified atom stereocenters. The Morgan fingerprint density at radius 2 is 2.23 bits per heavy atom. The minimum absolute atomic E-state index is 0.111. The molecule has 0 aliphatic carbocycles. The van der Waals surface area contributed by atoms with Crippen molar-refractivity contribution in [2.45, 2.75) is 31.3 Å². The van der Waals surface area contributed by atoms with Crippen LogP contribution in [-0.2, 0) is 9.53 Å². The Bertz CT molecular complexity index is 228. The zero-order valence-electron chi connectivity index (χ0n) is 7.72. The van der Waals surface area contributed by atoms with Crippen LogP contribution < -0.4 is 10.9 Å². The van der Waals surface area contributed by atoms with Gasteiger partial charge in [0.1, 0.15) is 0 Å². The quantitative estimate of drug-likeness (QED) is 0.361. The Labute approximate surface area is 78.0 Å². The zero-order valence-corrected chi connectivity index (χ0v) is 7.72. The number of hydrogen-bond acceptors (Lipinski definition) is 4. The van der Waals surface area contributed by atoms with Crippen molar-refractivity contribution in [2.24, 2.45) is 0 Å². The first-order valence-electron chi connectivity index (χ1n) is 4.27. The van der Waals surface area contributed by atoms with E-state index in [1.165, 1.54) is 7.11 Å². The molecule has 0 atom stereocenters. The first kappa shape index (κ1) is 10.0. The summed E-state index contributed by atoms with van der Waals surface area (Å²) < 4.78 is 4.54. The molecule has 0 radical (unpaired) electrons. The van der Waals surface area contributed by atoms with Crippen LogP contribution in [0.25, 0.3) is 0 Å². The molecule has 0 amide bonds. The molecular formula is C9H14N2O2. The molecule has 1 aliphatic rings. The minimum atomic E-state index is -0.185. The fraction of sp³-hybridized carbons (Fsp3) is 0.667. The summed E-state index contributed by atoms with van der Waals surface area (Å²) in [5.74, 6) is 2.38. The van der Waals surface area contributed by atoms with Crippen molar-refractivity contribution in [3.8, 4) is 12.3 Å². The minimum Gasteiger partial charge on any atom is -0.469 e. The van der Waals surface area contributed by atoms with E-state index in [4.69, 9.17) is 6.42 Å². The number of terminal acetylenes is 1. The normalized spacial score (nSPS) is 17.5. The highest BCUT2D eigenvalue weighted by Gasteiger charge is 2.40. The summed E-state index contributed by atoms with van der Waals surface area (Å²) in [6, 6.07) is 0. The molecule has 1 fully saturated rings. The van der Waals surface area contributed by atoms with Crippen LogP contribution in [0.2, 0.25) is 0 Å². The number of methoxy groups -OCH3 is 1. The van der Waals surface area contributed by atoms with Gasteiger partial charge < -0.3 is 4.74 Å². The van der Waals surface area contributed by atoms with E-state index in [1.54, 1.807) is 0 Å². The summed E-state index contributed by atoms with van der Waals surface area (Å²) in [7, 11) is 1.39. The van der Waals surface area contributed by atoms with Crippen LogP contribution in [0.3, 0.4) is 0 Å². The number of carbonyl (C=O) groups is 1. The van der Waals surface area contributed by atoms with Crippen molar-refractivity contribution >= 4 is 5.97 Å². The molecule has 0 aromatic rings. The molecule has 0 spiro atoms. The maximum atomic E-state index is 10.8. The monoisotopic (exact) mass is 182 g/mol. The topological polar surface area (TPSA) is 70.2 Å². The second-order valence-electron chi connectivity index (χ2n) is 3.11. The number of carbonyl (C=O) groups excluding carboxylic acids is 1. The van der Waals surface area contributed by atoms with Crippen LogP contribution in [0, 0.1) is 12.3 Å². The van der Waals surface area contributed by atoms with E-state index < -0.39 is 0 Å². The number of rotatable bonds is 5. The van der Waals surface area contributed by atoms with Crippen LogP contribution in [0.5, 0.6) is 0 Å². The first-order valence-corrected chi connectivity index (χ1v) is 4.27. The molecule has 1 rings (SSSR count). The van der Waals surface area contributed by atoms with Gasteiger partial charge in [-0.2, -0.15) is 0 Å². The van der Waals surface area contributed by atoms with Gasteiger partial charge in [0.25, 0.3) is 0 Å². The van der Waals surface area contributed by atoms with Gasteiger partial charge in [0.05, 0.1) is 12.8 Å². The lowest BCUT2D eigenvalue weighted by atomic mass is 10.0. The summed E-state index contributed by atoms with van der Waals surface area (Å²) in [5.41, 5.74) is 5.91. The number of hydrogen-bond donors (Lipinski definition) is 2. The van der Waals surface area contributed by atoms with Gasteiger partial charge in [-0.25, -0.2) is 10.9 Å². The standard InChI is InChI=1S/C9H14N2O2/c1-3-4-6-9(10-11-9)7-5-8(12)13-2/h1,10-11H,4-7H2,2H3. The number of hydrazine groups is 1. The van der Waals surface area contributed by atoms with E-state index in [1.807, 2.05) is 0 Å². The summed E-state index contributed by atoms with van der Waals surface area (Å²) in [6.07, 6.45) is 7.85. The average Bonchev–Trinajstić information content (AvgIpc) is 2.92. The van der Waals surface area contributed by atoms with Crippen molar-refractivity contribution in [3.63, 3.8) is 0 Å². The fourth-order valence-corrected chi connectivity index (χ4v) is 1.17. The molecule has 1 heterocycles. The molecule has 1 saturated heterocycles. The molecule has 4 nitrogen and oxygen atoms in total. The molecule has 2 N–H and O–H groups in total. The predicted octanol–water partition coefficient (Wildman–Crippen LogP) is 0.157. The van der Waals surface area contributed by atoms with Crippen molar-refractivity contribution in [1.29, 1.82) is 0 Å². The highest BCUT2D eigenvalue weighted by molar-refractivity contribution is 5.69. The van der Waals surface area contributed by atoms with Gasteiger partial charge in [-0.05, 0) is 12.8 Å². The van der Waals surface area contributed by atoms with Gasteiger partial charge in [-0.15, -0.1) is 12.3 Å². The highest BCUT2D eigenvalue weighted by Crippen LogP contribution is 2.23. The largest absolute Gasteiger partial charge is 0.469 e. The van der Waals surface area contributed by atoms with Gasteiger partial charge in [0.15, 0.2) is 0 Å². The Hall–Kier alpha value is -1.05. The second-order valence-corrected chi connectivity index (χ2v) is 3.11. The highest BCUT2D eigenvalue weighted by atomic mass is 16.5. The average molecular weight is 182 g/mol. The predicted molar refractivity (Wildman–Crippen MR) is 48.3 cm³/mol. The van der Waals surface area contributed by atoms with Crippen LogP contribution >= 0.6 is 0 Å². The lowest BCUT2D eigenvalue weighted by Gasteiger charge is -2.08. The molecule has 1 aliphatic heterocycles. The molecule has 0 bridgehead atoms. The molecule has 0 aromatic heterocycles. The summed E-state index contributed by atoms with van der Waals surface area (Å²) in [4.78, 5) is 10.8. The van der Waals surface area contributed by atoms with Gasteiger partial charge in [-0.3, -0.25) is 4.79 Å². The van der Waals surface area contributed by atoms with Crippen LogP contribution in [0.4, 0.5) is 0 Å². The third kappa shape index (κ3) is 3.05. The Kier molecular flexibility index (Phi) is 3.29. The van der Waals surface area contributed by atoms with E-state index in [0.29, 0.717) is 12.8 Å². The van der Waals surface area contributed by atoms with Gasteiger partial charge in [-0.1, -0.05) is 0 Å². The van der Waals surface area contributed by atoms with Gasteiger partial charge in [0.2, 0.25) is 0 Å². The van der Waals surface area contributed by atoms with Gasteiger partial charge in [0, 0.05) is 12.8 Å². The first-order chi connectivity index (χ1) is 6.22. The SMILES string of the molecule is C#CCCC1(CCC(=O)OC)NN1. The Morgan fingerprint density at radius 1 is 1.54 bits per heavy atom. The second kappa shape index (κ2) is 4.26. The summed E-state index contributed by atoms with van der Waals surface area (Å²) in [5, 5.41) is 0. The third-order valence-electron chi connectivity index (χ3n) is 2.16. The van der Waals surface area contributed by atoms with Crippen LogP contribution in [-0.4, -0.2) is 18.7 Å². The van der Waals surface area contributed by atoms with E-state index in [2.05, 4.69) is 21.5 Å². The molecular weight excluding hydrogens is 168 g/mol. The summed E-state index contributed by atoms with van der Waals surface area (Å²) in [6.45, 7) is 0. The molecule has 4 heteroatoms. The maximum absolute atomic E-state index is 10.8. The van der Waals surface area contributed by atoms with E-state index in [-0.39, 0.29) is 11.6 Å².